The summed E-state index contributed by atoms with van der Waals surface area (Å²) in [7, 11) is 0. The van der Waals surface area contributed by atoms with E-state index in [0.29, 0.717) is 0 Å². The van der Waals surface area contributed by atoms with Gasteiger partial charge in [0.25, 0.3) is 0 Å². The van der Waals surface area contributed by atoms with Crippen molar-refractivity contribution in [1.82, 2.24) is 16.0 Å². The van der Waals surface area contributed by atoms with Crippen molar-refractivity contribution in [1.29, 1.82) is 0 Å². The summed E-state index contributed by atoms with van der Waals surface area (Å²) in [4.78, 5) is 23.8. The number of rotatable bonds is 5. The normalized spacial score (nSPS) is 25.4. The van der Waals surface area contributed by atoms with Crippen molar-refractivity contribution in [3.63, 3.8) is 0 Å². The molecule has 1 saturated heterocycles. The van der Waals surface area contributed by atoms with Gasteiger partial charge in [-0.15, -0.1) is 0 Å². The van der Waals surface area contributed by atoms with E-state index in [1.165, 1.54) is 0 Å². The monoisotopic (exact) mass is 453 g/mol. The number of carbonyl (C=O) groups is 2. The number of urea groups is 1. The zero-order chi connectivity index (χ0) is 22.1. The minimum atomic E-state index is -4.25. The van der Waals surface area contributed by atoms with Crippen LogP contribution in [0.15, 0.2) is 12.1 Å². The molecule has 30 heavy (non-hydrogen) atoms. The van der Waals surface area contributed by atoms with Crippen molar-refractivity contribution in [3.05, 3.63) is 34.4 Å². The summed E-state index contributed by atoms with van der Waals surface area (Å²) in [6.45, 7) is 0.0424. The fourth-order valence-corrected chi connectivity index (χ4v) is 4.19. The molecule has 1 aromatic rings. The lowest BCUT2D eigenvalue weighted by molar-refractivity contribution is -0.184. The maximum Gasteiger partial charge on any atom is 0.391 e. The molecule has 1 aliphatic heterocycles. The molecule has 11 heteroatoms. The lowest BCUT2D eigenvalue weighted by atomic mass is 9.78. The molecule has 0 spiro atoms. The van der Waals surface area contributed by atoms with E-state index in [4.69, 9.17) is 11.6 Å². The van der Waals surface area contributed by atoms with E-state index < -0.39 is 52.8 Å². The van der Waals surface area contributed by atoms with E-state index in [1.807, 2.05) is 0 Å². The van der Waals surface area contributed by atoms with E-state index in [9.17, 15) is 31.5 Å². The molecule has 0 radical (unpaired) electrons. The molecule has 1 saturated carbocycles. The van der Waals surface area contributed by atoms with Gasteiger partial charge < -0.3 is 16.0 Å². The van der Waals surface area contributed by atoms with Gasteiger partial charge in [-0.3, -0.25) is 4.79 Å². The largest absolute Gasteiger partial charge is 0.391 e. The second-order valence-electron chi connectivity index (χ2n) is 7.73. The molecule has 3 rings (SSSR count). The molecule has 166 valence electrons. The topological polar surface area (TPSA) is 70.2 Å². The van der Waals surface area contributed by atoms with Crippen LogP contribution in [0.4, 0.5) is 26.7 Å². The average Bonchev–Trinajstić information content (AvgIpc) is 3.12. The van der Waals surface area contributed by atoms with Gasteiger partial charge in [-0.25, -0.2) is 13.6 Å². The molecule has 1 aliphatic carbocycles. The van der Waals surface area contributed by atoms with Crippen LogP contribution in [0.3, 0.4) is 0 Å². The van der Waals surface area contributed by atoms with Gasteiger partial charge in [0.1, 0.15) is 22.7 Å². The zero-order valence-electron chi connectivity index (χ0n) is 15.8. The molecule has 2 atom stereocenters. The molecule has 1 aromatic carbocycles. The molecule has 0 aromatic heterocycles. The third-order valence-corrected chi connectivity index (χ3v) is 6.07. The van der Waals surface area contributed by atoms with Gasteiger partial charge >= 0.3 is 12.2 Å². The summed E-state index contributed by atoms with van der Waals surface area (Å²) in [6, 6.07) is -0.193. The Hall–Kier alpha value is -2.10. The molecule has 0 bridgehead atoms. The van der Waals surface area contributed by atoms with E-state index in [2.05, 4.69) is 16.0 Å². The Kier molecular flexibility index (Phi) is 6.74. The quantitative estimate of drug-likeness (QED) is 0.461. The predicted molar refractivity (Wildman–Crippen MR) is 98.7 cm³/mol. The van der Waals surface area contributed by atoms with Gasteiger partial charge in [-0.2, -0.15) is 13.2 Å². The number of hydrogen-bond donors (Lipinski definition) is 3. The Morgan fingerprint density at radius 2 is 1.87 bits per heavy atom. The Morgan fingerprint density at radius 1 is 1.20 bits per heavy atom. The Morgan fingerprint density at radius 3 is 2.43 bits per heavy atom. The number of halogens is 6. The smallest absolute Gasteiger partial charge is 0.347 e. The van der Waals surface area contributed by atoms with Crippen LogP contribution in [0, 0.1) is 23.5 Å². The van der Waals surface area contributed by atoms with E-state index in [0.717, 1.165) is 12.1 Å². The van der Waals surface area contributed by atoms with Gasteiger partial charge in [0, 0.05) is 12.1 Å². The summed E-state index contributed by atoms with van der Waals surface area (Å²) >= 11 is 5.67. The summed E-state index contributed by atoms with van der Waals surface area (Å²) in [6.07, 6.45) is -3.61. The molecule has 1 heterocycles. The van der Waals surface area contributed by atoms with Crippen molar-refractivity contribution in [2.75, 3.05) is 6.54 Å². The Labute approximate surface area is 174 Å². The van der Waals surface area contributed by atoms with Crippen LogP contribution in [-0.2, 0) is 4.79 Å². The number of nitrogens with one attached hydrogen (secondary N) is 3. The maximum atomic E-state index is 14.6. The highest BCUT2D eigenvalue weighted by atomic mass is 35.5. The fourth-order valence-electron chi connectivity index (χ4n) is 4.02. The van der Waals surface area contributed by atoms with E-state index >= 15 is 0 Å². The van der Waals surface area contributed by atoms with Gasteiger partial charge in [0.2, 0.25) is 5.91 Å². The van der Waals surface area contributed by atoms with Crippen LogP contribution in [0.5, 0.6) is 0 Å². The lowest BCUT2D eigenvalue weighted by Crippen LogP contribution is -2.45. The minimum absolute atomic E-state index is 0.0376. The van der Waals surface area contributed by atoms with Crippen molar-refractivity contribution in [2.45, 2.75) is 50.4 Å². The highest BCUT2D eigenvalue weighted by Gasteiger charge is 2.42. The second kappa shape index (κ2) is 8.95. The van der Waals surface area contributed by atoms with Gasteiger partial charge in [-0.1, -0.05) is 17.7 Å². The fraction of sp³-hybridized carbons (Fsp3) is 0.579. The van der Waals surface area contributed by atoms with Gasteiger partial charge in [0.05, 0.1) is 12.0 Å². The molecule has 3 N–H and O–H groups in total. The molecular weight excluding hydrogens is 433 g/mol. The molecule has 2 aliphatic rings. The van der Waals surface area contributed by atoms with Crippen molar-refractivity contribution >= 4 is 23.5 Å². The van der Waals surface area contributed by atoms with Gasteiger partial charge in [-0.05, 0) is 44.1 Å². The zero-order valence-corrected chi connectivity index (χ0v) is 16.5. The van der Waals surface area contributed by atoms with Crippen LogP contribution in [0.1, 0.15) is 43.7 Å². The Bertz CT molecular complexity index is 812. The number of carbonyl (C=O) groups excluding carboxylic acids is 2. The predicted octanol–water partition coefficient (Wildman–Crippen LogP) is 4.22. The summed E-state index contributed by atoms with van der Waals surface area (Å²) in [5.41, 5.74) is -0.0509. The van der Waals surface area contributed by atoms with Crippen molar-refractivity contribution < 1.29 is 31.5 Å². The second-order valence-corrected chi connectivity index (χ2v) is 8.11. The first-order valence-electron chi connectivity index (χ1n) is 9.61. The van der Waals surface area contributed by atoms with E-state index in [-0.39, 0.29) is 50.1 Å². The first-order valence-corrected chi connectivity index (χ1v) is 9.99. The van der Waals surface area contributed by atoms with Crippen molar-refractivity contribution in [3.8, 4) is 0 Å². The molecule has 3 amide bonds. The van der Waals surface area contributed by atoms with Crippen LogP contribution >= 0.6 is 11.6 Å². The van der Waals surface area contributed by atoms with E-state index in [1.54, 1.807) is 0 Å². The van der Waals surface area contributed by atoms with Gasteiger partial charge in [0.15, 0.2) is 0 Å². The number of hydrogen-bond acceptors (Lipinski definition) is 2. The standard InChI is InChI=1S/C19H21ClF5N3O2/c20-15-12(21)6-5-11(16(15)22)13(27-17(29)14-8-26-18(30)28-14)7-9-1-3-10(4-2-9)19(23,24)25/h5-6,9-10,13-14H,1-4,7-8H2,(H,27,29)(H2,26,28,30)/t9?,10?,13-,14?/m0/s1. The Balaban J connectivity index is 1.76. The number of benzene rings is 1. The van der Waals surface area contributed by atoms with Crippen molar-refractivity contribution in [2.24, 2.45) is 11.8 Å². The average molecular weight is 454 g/mol. The summed E-state index contributed by atoms with van der Waals surface area (Å²) in [5, 5.41) is 6.75. The maximum absolute atomic E-state index is 14.6. The van der Waals surface area contributed by atoms with Crippen LogP contribution in [-0.4, -0.2) is 30.7 Å². The molecule has 5 nitrogen and oxygen atoms in total. The molecule has 2 fully saturated rings. The first kappa shape index (κ1) is 22.6. The third-order valence-electron chi connectivity index (χ3n) is 5.72. The number of amides is 3. The minimum Gasteiger partial charge on any atom is -0.347 e. The highest BCUT2D eigenvalue weighted by molar-refractivity contribution is 6.31. The van der Waals surface area contributed by atoms with Crippen LogP contribution in [0.25, 0.3) is 0 Å². The summed E-state index contributed by atoms with van der Waals surface area (Å²) < 4.78 is 66.9. The highest BCUT2D eigenvalue weighted by Crippen LogP contribution is 2.42. The molecular formula is C19H21ClF5N3O2. The first-order chi connectivity index (χ1) is 14.1. The number of alkyl halides is 3. The third kappa shape index (κ3) is 5.14. The van der Waals surface area contributed by atoms with Crippen LogP contribution in [0.2, 0.25) is 5.02 Å². The molecule has 1 unspecified atom stereocenters. The lowest BCUT2D eigenvalue weighted by Gasteiger charge is -2.32. The summed E-state index contributed by atoms with van der Waals surface area (Å²) in [5.74, 6) is -4.12. The van der Waals surface area contributed by atoms with Crippen LogP contribution < -0.4 is 16.0 Å². The SMILES string of the molecule is O=C1NCC(C(=O)N[C@@H](CC2CCC(C(F)(F)F)CC2)c2ccc(F)c(Cl)c2F)N1.